The number of aromatic amines is 2. The van der Waals surface area contributed by atoms with Crippen molar-refractivity contribution >= 4 is 17.2 Å². The molecule has 1 aromatic carbocycles. The molecule has 0 saturated carbocycles. The van der Waals surface area contributed by atoms with Crippen molar-refractivity contribution in [2.75, 3.05) is 0 Å². The van der Waals surface area contributed by atoms with E-state index in [2.05, 4.69) is 69.4 Å². The average molecular weight is 351 g/mol. The van der Waals surface area contributed by atoms with E-state index in [0.717, 1.165) is 24.2 Å². The summed E-state index contributed by atoms with van der Waals surface area (Å²) in [7, 11) is 0. The molecule has 0 aliphatic heterocycles. The second-order valence-electron chi connectivity index (χ2n) is 6.63. The third-order valence-electron chi connectivity index (χ3n) is 4.85. The van der Waals surface area contributed by atoms with Crippen molar-refractivity contribution in [3.63, 3.8) is 0 Å². The third-order valence-corrected chi connectivity index (χ3v) is 5.17. The summed E-state index contributed by atoms with van der Waals surface area (Å²) in [4.78, 5) is 14.4. The second-order valence-corrected chi connectivity index (χ2v) is 6.98. The molecule has 4 rings (SSSR count). The molecule has 1 aliphatic rings. The molecule has 0 spiro atoms. The molecule has 126 valence electrons. The fourth-order valence-corrected chi connectivity index (χ4v) is 3.37. The van der Waals surface area contributed by atoms with Crippen LogP contribution in [0.1, 0.15) is 35.9 Å². The molecule has 2 heterocycles. The Morgan fingerprint density at radius 1 is 1.16 bits per heavy atom. The van der Waals surface area contributed by atoms with E-state index in [0.29, 0.717) is 5.15 Å². The summed E-state index contributed by atoms with van der Waals surface area (Å²) in [6, 6.07) is 8.75. The number of allylic oxidation sites excluding steroid dienone is 4. The van der Waals surface area contributed by atoms with E-state index in [9.17, 15) is 0 Å². The van der Waals surface area contributed by atoms with Crippen molar-refractivity contribution in [2.45, 2.75) is 25.2 Å². The summed E-state index contributed by atoms with van der Waals surface area (Å²) in [5.41, 5.74) is 5.74. The summed E-state index contributed by atoms with van der Waals surface area (Å²) < 4.78 is 0. The van der Waals surface area contributed by atoms with Gasteiger partial charge in [-0.2, -0.15) is 0 Å². The molecule has 1 aliphatic carbocycles. The van der Waals surface area contributed by atoms with Gasteiger partial charge in [-0.1, -0.05) is 61.0 Å². The number of hydrogen-bond donors (Lipinski definition) is 2. The molecule has 25 heavy (non-hydrogen) atoms. The van der Waals surface area contributed by atoms with Crippen LogP contribution in [0.25, 0.3) is 5.57 Å². The highest BCUT2D eigenvalue weighted by Gasteiger charge is 2.25. The smallest absolute Gasteiger partial charge is 0.150 e. The van der Waals surface area contributed by atoms with E-state index in [1.165, 1.54) is 16.7 Å². The number of H-pyrrole nitrogens is 2. The van der Waals surface area contributed by atoms with Crippen LogP contribution in [-0.2, 0) is 11.8 Å². The Balaban J connectivity index is 1.51. The number of nitrogens with zero attached hydrogens (tertiary/aromatic N) is 2. The Morgan fingerprint density at radius 2 is 2.00 bits per heavy atom. The van der Waals surface area contributed by atoms with Gasteiger partial charge in [0.15, 0.2) is 0 Å². The van der Waals surface area contributed by atoms with Crippen molar-refractivity contribution < 1.29 is 0 Å². The minimum Gasteiger partial charge on any atom is -0.347 e. The average Bonchev–Trinajstić information content (AvgIpc) is 3.29. The molecule has 2 aromatic heterocycles. The lowest BCUT2D eigenvalue weighted by molar-refractivity contribution is 0.601. The molecule has 0 saturated heterocycles. The van der Waals surface area contributed by atoms with Crippen LogP contribution in [0, 0.1) is 0 Å². The highest BCUT2D eigenvalue weighted by Crippen LogP contribution is 2.35. The van der Waals surface area contributed by atoms with E-state index in [1.807, 2.05) is 6.20 Å². The van der Waals surface area contributed by atoms with Gasteiger partial charge in [-0.25, -0.2) is 9.97 Å². The topological polar surface area (TPSA) is 57.4 Å². The van der Waals surface area contributed by atoms with Gasteiger partial charge in [0.1, 0.15) is 5.15 Å². The summed E-state index contributed by atoms with van der Waals surface area (Å²) >= 11 is 6.06. The maximum Gasteiger partial charge on any atom is 0.150 e. The molecule has 1 atom stereocenters. The molecule has 0 bridgehead atoms. The molecule has 4 nitrogen and oxygen atoms in total. The number of halogens is 1. The molecular weight excluding hydrogens is 332 g/mol. The van der Waals surface area contributed by atoms with Gasteiger partial charge in [0, 0.05) is 11.8 Å². The Hall–Kier alpha value is -2.59. The standard InChI is InChI=1S/C20H19ClN4/c1-20(8-6-15(7-9-20)18-11-22-12-23-18)16-4-2-14(3-5-16)10-17-19(21)25-13-24-17/h2-8,11-13H,9-10H2,1H3,(H,22,23)(H,24,25). The number of benzene rings is 1. The first kappa shape index (κ1) is 15.9. The zero-order valence-electron chi connectivity index (χ0n) is 14.0. The van der Waals surface area contributed by atoms with Gasteiger partial charge in [0.05, 0.1) is 30.2 Å². The van der Waals surface area contributed by atoms with Crippen LogP contribution in [0.4, 0.5) is 0 Å². The normalized spacial score (nSPS) is 19.8. The van der Waals surface area contributed by atoms with Crippen LogP contribution in [0.15, 0.2) is 61.3 Å². The van der Waals surface area contributed by atoms with Crippen LogP contribution in [0.2, 0.25) is 5.15 Å². The monoisotopic (exact) mass is 350 g/mol. The van der Waals surface area contributed by atoms with Crippen LogP contribution in [0.3, 0.4) is 0 Å². The zero-order valence-corrected chi connectivity index (χ0v) is 14.7. The largest absolute Gasteiger partial charge is 0.347 e. The predicted molar refractivity (Wildman–Crippen MR) is 101 cm³/mol. The van der Waals surface area contributed by atoms with Crippen LogP contribution in [0.5, 0.6) is 0 Å². The highest BCUT2D eigenvalue weighted by atomic mass is 35.5. The van der Waals surface area contributed by atoms with Gasteiger partial charge < -0.3 is 9.97 Å². The van der Waals surface area contributed by atoms with Crippen molar-refractivity contribution in [3.8, 4) is 0 Å². The van der Waals surface area contributed by atoms with E-state index < -0.39 is 0 Å². The Kier molecular flexibility index (Phi) is 4.06. The number of rotatable bonds is 4. The van der Waals surface area contributed by atoms with Crippen molar-refractivity contribution in [3.05, 3.63) is 89.0 Å². The van der Waals surface area contributed by atoms with Crippen LogP contribution in [-0.4, -0.2) is 19.9 Å². The maximum absolute atomic E-state index is 6.06. The first-order chi connectivity index (χ1) is 12.1. The summed E-state index contributed by atoms with van der Waals surface area (Å²) in [6.45, 7) is 2.27. The fourth-order valence-electron chi connectivity index (χ4n) is 3.20. The molecule has 0 fully saturated rings. The number of nitrogens with one attached hydrogen (secondary N) is 2. The van der Waals surface area contributed by atoms with Gasteiger partial charge in [-0.05, 0) is 23.1 Å². The molecule has 3 aromatic rings. The Labute approximate surface area is 151 Å². The Bertz CT molecular complexity index is 919. The SMILES string of the molecule is CC1(c2ccc(Cc3[nH]cnc3Cl)cc2)C=CC(c2cnc[nH]2)=CC1. The molecule has 0 amide bonds. The minimum absolute atomic E-state index is 0.00762. The number of hydrogen-bond acceptors (Lipinski definition) is 2. The first-order valence-electron chi connectivity index (χ1n) is 8.29. The van der Waals surface area contributed by atoms with E-state index in [-0.39, 0.29) is 5.41 Å². The molecule has 1 unspecified atom stereocenters. The maximum atomic E-state index is 6.06. The Morgan fingerprint density at radius 3 is 2.60 bits per heavy atom. The van der Waals surface area contributed by atoms with Crippen molar-refractivity contribution in [2.24, 2.45) is 0 Å². The number of imidazole rings is 2. The lowest BCUT2D eigenvalue weighted by atomic mass is 9.75. The predicted octanol–water partition coefficient (Wildman–Crippen LogP) is 4.68. The zero-order chi connectivity index (χ0) is 17.3. The summed E-state index contributed by atoms with van der Waals surface area (Å²) in [6.07, 6.45) is 13.6. The quantitative estimate of drug-likeness (QED) is 0.717. The van der Waals surface area contributed by atoms with Crippen molar-refractivity contribution in [1.82, 2.24) is 19.9 Å². The lowest BCUT2D eigenvalue weighted by Crippen LogP contribution is -2.20. The van der Waals surface area contributed by atoms with Crippen molar-refractivity contribution in [1.29, 1.82) is 0 Å². The van der Waals surface area contributed by atoms with Gasteiger partial charge in [0.25, 0.3) is 0 Å². The van der Waals surface area contributed by atoms with E-state index in [1.54, 1.807) is 12.7 Å². The molecule has 0 radical (unpaired) electrons. The second kappa shape index (κ2) is 6.37. The third kappa shape index (κ3) is 3.17. The summed E-state index contributed by atoms with van der Waals surface area (Å²) in [5, 5.41) is 0.544. The van der Waals surface area contributed by atoms with Crippen LogP contribution >= 0.6 is 11.6 Å². The minimum atomic E-state index is 0.00762. The number of aromatic nitrogens is 4. The first-order valence-corrected chi connectivity index (χ1v) is 8.67. The molecule has 5 heteroatoms. The van der Waals surface area contributed by atoms with Gasteiger partial charge in [-0.15, -0.1) is 0 Å². The lowest BCUT2D eigenvalue weighted by Gasteiger charge is -2.28. The van der Waals surface area contributed by atoms with E-state index in [4.69, 9.17) is 11.6 Å². The van der Waals surface area contributed by atoms with Gasteiger partial charge >= 0.3 is 0 Å². The van der Waals surface area contributed by atoms with Gasteiger partial charge in [0.2, 0.25) is 0 Å². The van der Waals surface area contributed by atoms with E-state index >= 15 is 0 Å². The van der Waals surface area contributed by atoms with Gasteiger partial charge in [-0.3, -0.25) is 0 Å². The molecular formula is C20H19ClN4. The van der Waals surface area contributed by atoms with Crippen LogP contribution < -0.4 is 0 Å². The highest BCUT2D eigenvalue weighted by molar-refractivity contribution is 6.30. The fraction of sp³-hybridized carbons (Fsp3) is 0.200. The molecule has 2 N–H and O–H groups in total. The summed E-state index contributed by atoms with van der Waals surface area (Å²) in [5.74, 6) is 0.